The fraction of sp³-hybridized carbons (Fsp3) is 0.174. The lowest BCUT2D eigenvalue weighted by molar-refractivity contribution is 0.0520. The first-order chi connectivity index (χ1) is 16.2. The predicted octanol–water partition coefficient (Wildman–Crippen LogP) is 6.19. The molecular weight excluding hydrogens is 508 g/mol. The molecule has 0 bridgehead atoms. The van der Waals surface area contributed by atoms with Crippen LogP contribution in [-0.4, -0.2) is 23.5 Å². The van der Waals surface area contributed by atoms with Gasteiger partial charge in [-0.3, -0.25) is 4.79 Å². The number of ether oxygens (including phenoxy) is 2. The molecule has 0 aliphatic heterocycles. The molecule has 0 fully saturated rings. The van der Waals surface area contributed by atoms with Gasteiger partial charge in [-0.25, -0.2) is 9.18 Å². The zero-order chi connectivity index (χ0) is 25.0. The molecule has 2 N–H and O–H groups in total. The van der Waals surface area contributed by atoms with Gasteiger partial charge in [-0.15, -0.1) is 0 Å². The third kappa shape index (κ3) is 5.45. The summed E-state index contributed by atoms with van der Waals surface area (Å²) >= 11 is 18.2. The molecule has 176 valence electrons. The number of rotatable bonds is 7. The zero-order valence-corrected chi connectivity index (χ0v) is 20.2. The van der Waals surface area contributed by atoms with Crippen molar-refractivity contribution in [2.45, 2.75) is 20.4 Å². The quantitative estimate of drug-likeness (QED) is 0.359. The number of benzene rings is 2. The number of nitrogens with zero attached hydrogens (tertiary/aromatic N) is 1. The van der Waals surface area contributed by atoms with Crippen LogP contribution in [0.15, 0.2) is 30.3 Å². The number of nitrogens with one attached hydrogen (secondary N) is 2. The summed E-state index contributed by atoms with van der Waals surface area (Å²) in [4.78, 5) is 27.3. The first kappa shape index (κ1) is 25.4. The fourth-order valence-electron chi connectivity index (χ4n) is 3.01. The average Bonchev–Trinajstić information content (AvgIpc) is 3.10. The van der Waals surface area contributed by atoms with E-state index in [4.69, 9.17) is 49.5 Å². The van der Waals surface area contributed by atoms with E-state index in [0.717, 1.165) is 0 Å². The number of aromatic amines is 1. The maximum atomic E-state index is 15.1. The summed E-state index contributed by atoms with van der Waals surface area (Å²) in [6.07, 6.45) is 0. The van der Waals surface area contributed by atoms with E-state index in [2.05, 4.69) is 10.3 Å². The molecule has 7 nitrogen and oxygen atoms in total. The smallest absolute Gasteiger partial charge is 0.356 e. The SMILES string of the molecule is CCOC(=O)c1[nH]c(C(=O)NCc2ccc(Cl)c(Oc3cc(Cl)cc(C#N)c3)c2F)c(C)c1Cl. The van der Waals surface area contributed by atoms with Crippen molar-refractivity contribution < 1.29 is 23.5 Å². The molecule has 34 heavy (non-hydrogen) atoms. The van der Waals surface area contributed by atoms with E-state index < -0.39 is 17.7 Å². The lowest BCUT2D eigenvalue weighted by Crippen LogP contribution is -2.24. The first-order valence-electron chi connectivity index (χ1n) is 9.85. The van der Waals surface area contributed by atoms with Crippen LogP contribution >= 0.6 is 34.8 Å². The molecule has 0 saturated heterocycles. The van der Waals surface area contributed by atoms with E-state index in [1.165, 1.54) is 30.3 Å². The fourth-order valence-corrected chi connectivity index (χ4v) is 3.64. The van der Waals surface area contributed by atoms with Gasteiger partial charge in [-0.2, -0.15) is 5.26 Å². The molecule has 1 aromatic heterocycles. The standard InChI is InChI=1S/C23H17Cl3FN3O4/c1-3-33-23(32)20-17(26)11(2)19(30-20)22(31)29-10-13-4-5-16(25)21(18(13)27)34-15-7-12(9-28)6-14(24)8-15/h4-8,30H,3,10H2,1-2H3,(H,29,31). The minimum Gasteiger partial charge on any atom is -0.461 e. The number of carbonyl (C=O) groups excluding carboxylic acids is 2. The van der Waals surface area contributed by atoms with E-state index in [1.807, 2.05) is 6.07 Å². The highest BCUT2D eigenvalue weighted by atomic mass is 35.5. The number of H-pyrrole nitrogens is 1. The Morgan fingerprint density at radius 1 is 1.18 bits per heavy atom. The summed E-state index contributed by atoms with van der Waals surface area (Å²) in [5.74, 6) is -2.28. The topological polar surface area (TPSA) is 104 Å². The lowest BCUT2D eigenvalue weighted by atomic mass is 10.1. The molecule has 0 unspecified atom stereocenters. The van der Waals surface area contributed by atoms with Crippen LogP contribution < -0.4 is 10.1 Å². The second-order valence-corrected chi connectivity index (χ2v) is 8.18. The van der Waals surface area contributed by atoms with Gasteiger partial charge >= 0.3 is 5.97 Å². The first-order valence-corrected chi connectivity index (χ1v) is 11.0. The Morgan fingerprint density at radius 2 is 1.91 bits per heavy atom. The molecule has 0 saturated carbocycles. The number of aromatic nitrogens is 1. The molecule has 0 atom stereocenters. The summed E-state index contributed by atoms with van der Waals surface area (Å²) in [5, 5.41) is 11.9. The van der Waals surface area contributed by atoms with Crippen molar-refractivity contribution in [2.75, 3.05) is 6.61 Å². The maximum Gasteiger partial charge on any atom is 0.356 e. The molecular formula is C23H17Cl3FN3O4. The van der Waals surface area contributed by atoms with Gasteiger partial charge in [0.05, 0.1) is 28.3 Å². The molecule has 1 amide bonds. The Hall–Kier alpha value is -3.25. The molecule has 3 aromatic rings. The monoisotopic (exact) mass is 523 g/mol. The summed E-state index contributed by atoms with van der Waals surface area (Å²) in [6.45, 7) is 3.12. The largest absolute Gasteiger partial charge is 0.461 e. The van der Waals surface area contributed by atoms with Gasteiger partial charge in [0, 0.05) is 17.1 Å². The highest BCUT2D eigenvalue weighted by molar-refractivity contribution is 6.35. The third-order valence-electron chi connectivity index (χ3n) is 4.67. The Bertz CT molecular complexity index is 1320. The Labute approximate surface area is 209 Å². The van der Waals surface area contributed by atoms with Gasteiger partial charge in [0.15, 0.2) is 11.6 Å². The van der Waals surface area contributed by atoms with E-state index in [9.17, 15) is 9.59 Å². The normalized spacial score (nSPS) is 10.5. The van der Waals surface area contributed by atoms with E-state index in [0.29, 0.717) is 5.56 Å². The summed E-state index contributed by atoms with van der Waals surface area (Å²) in [7, 11) is 0. The number of nitriles is 1. The number of hydrogen-bond acceptors (Lipinski definition) is 5. The average molecular weight is 525 g/mol. The van der Waals surface area contributed by atoms with Crippen molar-refractivity contribution in [3.63, 3.8) is 0 Å². The van der Waals surface area contributed by atoms with Crippen molar-refractivity contribution in [3.05, 3.63) is 79.3 Å². The number of halogens is 4. The molecule has 0 radical (unpaired) electrons. The molecule has 2 aromatic carbocycles. The predicted molar refractivity (Wildman–Crippen MR) is 125 cm³/mol. The van der Waals surface area contributed by atoms with Crippen LogP contribution in [0.25, 0.3) is 0 Å². The van der Waals surface area contributed by atoms with Gasteiger partial charge in [0.1, 0.15) is 17.1 Å². The zero-order valence-electron chi connectivity index (χ0n) is 17.9. The van der Waals surface area contributed by atoms with Crippen LogP contribution in [0.1, 0.15) is 44.6 Å². The Balaban J connectivity index is 1.81. The van der Waals surface area contributed by atoms with Gasteiger partial charge in [-0.1, -0.05) is 40.9 Å². The van der Waals surface area contributed by atoms with Crippen molar-refractivity contribution in [1.82, 2.24) is 10.3 Å². The second kappa shape index (κ2) is 10.8. The number of carbonyl (C=O) groups is 2. The molecule has 3 rings (SSSR count). The summed E-state index contributed by atoms with van der Waals surface area (Å²) < 4.78 is 25.6. The lowest BCUT2D eigenvalue weighted by Gasteiger charge is -2.13. The molecule has 0 aliphatic rings. The van der Waals surface area contributed by atoms with Crippen LogP contribution in [-0.2, 0) is 11.3 Å². The number of hydrogen-bond donors (Lipinski definition) is 2. The van der Waals surface area contributed by atoms with E-state index in [-0.39, 0.29) is 62.2 Å². The van der Waals surface area contributed by atoms with Crippen molar-refractivity contribution in [2.24, 2.45) is 0 Å². The highest BCUT2D eigenvalue weighted by Gasteiger charge is 2.23. The Morgan fingerprint density at radius 3 is 2.59 bits per heavy atom. The van der Waals surface area contributed by atoms with Crippen LogP contribution in [0.2, 0.25) is 15.1 Å². The molecule has 11 heteroatoms. The maximum absolute atomic E-state index is 15.1. The van der Waals surface area contributed by atoms with Crippen molar-refractivity contribution in [1.29, 1.82) is 5.26 Å². The second-order valence-electron chi connectivity index (χ2n) is 6.96. The van der Waals surface area contributed by atoms with E-state index >= 15 is 4.39 Å². The van der Waals surface area contributed by atoms with Crippen LogP contribution in [0.5, 0.6) is 11.5 Å². The van der Waals surface area contributed by atoms with Gasteiger partial charge in [0.2, 0.25) is 0 Å². The minimum absolute atomic E-state index is 0.0165. The highest BCUT2D eigenvalue weighted by Crippen LogP contribution is 2.35. The van der Waals surface area contributed by atoms with Gasteiger partial charge in [-0.05, 0) is 43.7 Å². The van der Waals surface area contributed by atoms with Crippen LogP contribution in [0, 0.1) is 24.1 Å². The van der Waals surface area contributed by atoms with Crippen LogP contribution in [0.3, 0.4) is 0 Å². The summed E-state index contributed by atoms with van der Waals surface area (Å²) in [5.41, 5.74) is 0.651. The molecule has 1 heterocycles. The number of esters is 1. The van der Waals surface area contributed by atoms with Crippen molar-refractivity contribution in [3.8, 4) is 17.6 Å². The van der Waals surface area contributed by atoms with Crippen molar-refractivity contribution >= 4 is 46.7 Å². The number of amides is 1. The summed E-state index contributed by atoms with van der Waals surface area (Å²) in [6, 6.07) is 8.95. The molecule has 0 aliphatic carbocycles. The Kier molecular flexibility index (Phi) is 8.05. The van der Waals surface area contributed by atoms with Crippen LogP contribution in [0.4, 0.5) is 4.39 Å². The third-order valence-corrected chi connectivity index (χ3v) is 5.66. The molecule has 0 spiro atoms. The minimum atomic E-state index is -0.806. The van der Waals surface area contributed by atoms with Gasteiger partial charge < -0.3 is 19.8 Å². The van der Waals surface area contributed by atoms with E-state index in [1.54, 1.807) is 13.8 Å². The van der Waals surface area contributed by atoms with Gasteiger partial charge in [0.25, 0.3) is 5.91 Å².